The van der Waals surface area contributed by atoms with E-state index in [1.165, 1.54) is 0 Å². The van der Waals surface area contributed by atoms with Crippen LogP contribution >= 0.6 is 0 Å². The van der Waals surface area contributed by atoms with Crippen molar-refractivity contribution in [3.63, 3.8) is 0 Å². The van der Waals surface area contributed by atoms with Gasteiger partial charge in [-0.2, -0.15) is 0 Å². The van der Waals surface area contributed by atoms with E-state index in [0.29, 0.717) is 24.2 Å². The van der Waals surface area contributed by atoms with Crippen LogP contribution in [0, 0.1) is 19.8 Å². The highest BCUT2D eigenvalue weighted by atomic mass is 16.1. The number of anilines is 2. The number of hydrogen-bond donors (Lipinski definition) is 2. The molecule has 1 aliphatic heterocycles. The monoisotopic (exact) mass is 263 g/mol. The van der Waals surface area contributed by atoms with Crippen molar-refractivity contribution in [1.29, 1.82) is 0 Å². The molecular formula is C13H21N5O. The SMILES string of the molecule is Cc1nc(N)c(C)c(N2CC(C(N)=O)CCC2C)n1. The Morgan fingerprint density at radius 1 is 1.32 bits per heavy atom. The van der Waals surface area contributed by atoms with Crippen LogP contribution in [0.25, 0.3) is 0 Å². The first-order valence-electron chi connectivity index (χ1n) is 6.56. The van der Waals surface area contributed by atoms with E-state index in [0.717, 1.165) is 24.2 Å². The van der Waals surface area contributed by atoms with Crippen molar-refractivity contribution in [3.05, 3.63) is 11.4 Å². The Morgan fingerprint density at radius 3 is 2.63 bits per heavy atom. The van der Waals surface area contributed by atoms with Crippen LogP contribution in [-0.4, -0.2) is 28.5 Å². The lowest BCUT2D eigenvalue weighted by atomic mass is 9.92. The summed E-state index contributed by atoms with van der Waals surface area (Å²) in [7, 11) is 0. The minimum Gasteiger partial charge on any atom is -0.383 e. The maximum Gasteiger partial charge on any atom is 0.222 e. The summed E-state index contributed by atoms with van der Waals surface area (Å²) < 4.78 is 0. The van der Waals surface area contributed by atoms with Gasteiger partial charge in [0, 0.05) is 18.2 Å². The van der Waals surface area contributed by atoms with Gasteiger partial charge >= 0.3 is 0 Å². The third-order valence-electron chi connectivity index (χ3n) is 3.83. The van der Waals surface area contributed by atoms with Crippen LogP contribution in [0.1, 0.15) is 31.2 Å². The van der Waals surface area contributed by atoms with E-state index in [1.807, 2.05) is 13.8 Å². The lowest BCUT2D eigenvalue weighted by Crippen LogP contribution is -2.46. The molecule has 0 radical (unpaired) electrons. The molecule has 1 aromatic rings. The molecule has 1 fully saturated rings. The summed E-state index contributed by atoms with van der Waals surface area (Å²) >= 11 is 0. The van der Waals surface area contributed by atoms with Crippen molar-refractivity contribution >= 4 is 17.5 Å². The van der Waals surface area contributed by atoms with Gasteiger partial charge in [-0.1, -0.05) is 0 Å². The van der Waals surface area contributed by atoms with Crippen LogP contribution in [0.4, 0.5) is 11.6 Å². The molecule has 104 valence electrons. The molecular weight excluding hydrogens is 242 g/mol. The number of rotatable bonds is 2. The fourth-order valence-corrected chi connectivity index (χ4v) is 2.55. The van der Waals surface area contributed by atoms with Gasteiger partial charge in [-0.15, -0.1) is 0 Å². The van der Waals surface area contributed by atoms with E-state index in [2.05, 4.69) is 21.8 Å². The van der Waals surface area contributed by atoms with Gasteiger partial charge in [-0.05, 0) is 33.6 Å². The maximum absolute atomic E-state index is 11.4. The van der Waals surface area contributed by atoms with Crippen LogP contribution in [0.3, 0.4) is 0 Å². The van der Waals surface area contributed by atoms with Crippen LogP contribution in [0.5, 0.6) is 0 Å². The summed E-state index contributed by atoms with van der Waals surface area (Å²) in [5.74, 6) is 1.60. The Hall–Kier alpha value is -1.85. The molecule has 0 aromatic carbocycles. The lowest BCUT2D eigenvalue weighted by molar-refractivity contribution is -0.122. The number of nitrogen functional groups attached to an aromatic ring is 1. The second-order valence-corrected chi connectivity index (χ2v) is 5.28. The average molecular weight is 263 g/mol. The van der Waals surface area contributed by atoms with Gasteiger partial charge < -0.3 is 16.4 Å². The molecule has 19 heavy (non-hydrogen) atoms. The molecule has 0 aliphatic carbocycles. The summed E-state index contributed by atoms with van der Waals surface area (Å²) in [4.78, 5) is 22.2. The first-order valence-corrected chi connectivity index (χ1v) is 6.56. The predicted octanol–water partition coefficient (Wildman–Crippen LogP) is 0.766. The van der Waals surface area contributed by atoms with Crippen LogP contribution in [0.2, 0.25) is 0 Å². The number of hydrogen-bond acceptors (Lipinski definition) is 5. The van der Waals surface area contributed by atoms with E-state index in [9.17, 15) is 4.79 Å². The van der Waals surface area contributed by atoms with Gasteiger partial charge in [-0.25, -0.2) is 9.97 Å². The molecule has 2 unspecified atom stereocenters. The summed E-state index contributed by atoms with van der Waals surface area (Å²) in [6.45, 7) is 6.46. The number of nitrogens with zero attached hydrogens (tertiary/aromatic N) is 3. The zero-order chi connectivity index (χ0) is 14.2. The van der Waals surface area contributed by atoms with Crippen molar-refractivity contribution in [2.24, 2.45) is 11.7 Å². The number of aryl methyl sites for hydroxylation is 1. The second-order valence-electron chi connectivity index (χ2n) is 5.28. The van der Waals surface area contributed by atoms with Gasteiger partial charge in [0.2, 0.25) is 5.91 Å². The smallest absolute Gasteiger partial charge is 0.222 e. The lowest BCUT2D eigenvalue weighted by Gasteiger charge is -2.38. The normalized spacial score (nSPS) is 23.4. The molecule has 4 N–H and O–H groups in total. The molecule has 6 nitrogen and oxygen atoms in total. The fourth-order valence-electron chi connectivity index (χ4n) is 2.55. The summed E-state index contributed by atoms with van der Waals surface area (Å²) in [6.07, 6.45) is 1.77. The minimum absolute atomic E-state index is 0.118. The molecule has 1 aromatic heterocycles. The van der Waals surface area contributed by atoms with Gasteiger partial charge in [0.05, 0.1) is 5.92 Å². The highest BCUT2D eigenvalue weighted by molar-refractivity contribution is 5.77. The first-order chi connectivity index (χ1) is 8.90. The molecule has 0 saturated carbocycles. The number of aromatic nitrogens is 2. The maximum atomic E-state index is 11.4. The highest BCUT2D eigenvalue weighted by Gasteiger charge is 2.30. The number of carbonyl (C=O) groups excluding carboxylic acids is 1. The third kappa shape index (κ3) is 2.62. The molecule has 1 amide bonds. The number of piperidine rings is 1. The van der Waals surface area contributed by atoms with Crippen molar-refractivity contribution in [2.75, 3.05) is 17.2 Å². The Balaban J connectivity index is 2.36. The van der Waals surface area contributed by atoms with Crippen LogP contribution in [0.15, 0.2) is 0 Å². The first kappa shape index (κ1) is 13.6. The second kappa shape index (κ2) is 5.03. The van der Waals surface area contributed by atoms with E-state index in [-0.39, 0.29) is 11.8 Å². The number of nitrogens with two attached hydrogens (primary N) is 2. The van der Waals surface area contributed by atoms with Crippen molar-refractivity contribution in [2.45, 2.75) is 39.7 Å². The number of carbonyl (C=O) groups is 1. The van der Waals surface area contributed by atoms with Crippen molar-refractivity contribution in [1.82, 2.24) is 9.97 Å². The molecule has 2 atom stereocenters. The molecule has 1 saturated heterocycles. The predicted molar refractivity (Wildman–Crippen MR) is 74.6 cm³/mol. The van der Waals surface area contributed by atoms with E-state index >= 15 is 0 Å². The van der Waals surface area contributed by atoms with Gasteiger partial charge in [0.1, 0.15) is 17.5 Å². The molecule has 2 rings (SSSR count). The molecule has 2 heterocycles. The summed E-state index contributed by atoms with van der Waals surface area (Å²) in [6, 6.07) is 0.322. The quantitative estimate of drug-likeness (QED) is 0.821. The van der Waals surface area contributed by atoms with E-state index < -0.39 is 0 Å². The van der Waals surface area contributed by atoms with Crippen molar-refractivity contribution < 1.29 is 4.79 Å². The van der Waals surface area contributed by atoms with Gasteiger partial charge in [0.25, 0.3) is 0 Å². The van der Waals surface area contributed by atoms with Crippen LogP contribution < -0.4 is 16.4 Å². The minimum atomic E-state index is -0.242. The Bertz CT molecular complexity index is 502. The molecule has 0 bridgehead atoms. The Kier molecular flexibility index (Phi) is 3.59. The molecule has 6 heteroatoms. The summed E-state index contributed by atoms with van der Waals surface area (Å²) in [5.41, 5.74) is 12.2. The topological polar surface area (TPSA) is 98.1 Å². The Morgan fingerprint density at radius 2 is 2.00 bits per heavy atom. The van der Waals surface area contributed by atoms with E-state index in [1.54, 1.807) is 0 Å². The van der Waals surface area contributed by atoms with Crippen LogP contribution in [-0.2, 0) is 4.79 Å². The average Bonchev–Trinajstić information content (AvgIpc) is 2.34. The largest absolute Gasteiger partial charge is 0.383 e. The zero-order valence-corrected chi connectivity index (χ0v) is 11.7. The fraction of sp³-hybridized carbons (Fsp3) is 0.615. The standard InChI is InChI=1S/C13H21N5O/c1-7-4-5-10(12(15)19)6-18(7)13-8(2)11(14)16-9(3)17-13/h7,10H,4-6H2,1-3H3,(H2,15,19)(H2,14,16,17). The van der Waals surface area contributed by atoms with E-state index in [4.69, 9.17) is 11.5 Å². The zero-order valence-electron chi connectivity index (χ0n) is 11.7. The third-order valence-corrected chi connectivity index (χ3v) is 3.83. The number of amides is 1. The summed E-state index contributed by atoms with van der Waals surface area (Å²) in [5, 5.41) is 0. The number of primary amides is 1. The van der Waals surface area contributed by atoms with Gasteiger partial charge in [-0.3, -0.25) is 4.79 Å². The van der Waals surface area contributed by atoms with Crippen molar-refractivity contribution in [3.8, 4) is 0 Å². The molecule has 1 aliphatic rings. The van der Waals surface area contributed by atoms with Gasteiger partial charge in [0.15, 0.2) is 0 Å². The Labute approximate surface area is 113 Å². The highest BCUT2D eigenvalue weighted by Crippen LogP contribution is 2.30. The molecule has 0 spiro atoms.